The van der Waals surface area contributed by atoms with Crippen molar-refractivity contribution in [1.29, 1.82) is 0 Å². The number of H-pyrrole nitrogens is 1. The number of carbonyl (C=O) groups excluding carboxylic acids is 2. The number of nitrogens with one attached hydrogen (secondary N) is 1. The van der Waals surface area contributed by atoms with Crippen LogP contribution in [0.4, 0.5) is 52.7 Å². The molecule has 0 aliphatic heterocycles. The first-order chi connectivity index (χ1) is 30.4. The van der Waals surface area contributed by atoms with Crippen LogP contribution in [-0.4, -0.2) is 100 Å². The van der Waals surface area contributed by atoms with Gasteiger partial charge >= 0.3 is 60.5 Å². The molecule has 0 aliphatic rings. The van der Waals surface area contributed by atoms with Crippen LogP contribution in [0.25, 0.3) is 27.4 Å². The van der Waals surface area contributed by atoms with Gasteiger partial charge in [0.25, 0.3) is 0 Å². The SMILES string of the molecule is COC(=O)/C(=C/c1ccc(C)c(C)c1)N=[N+]=[N-].COC(=O)c1cc2cc(C)c(C)cc2[nH]1.Cc1ccccc1.O=C(O)C(F)(F)F.O=C(O)C(F)(F)F.O=C(O)C(F)(F)F.O=C(O)C(F)(F)F.[Rh].[Rh]. The first-order valence-corrected chi connectivity index (χ1v) is 17.2. The standard InChI is InChI=1S/C12H13N3O2.C12H13NO2.C7H8.4C2HF3O2.2Rh/c1-8-4-5-10(6-9(8)2)7-11(14-15-13)12(16)17-3;1-7-4-9-6-11(12(14)15-3)13-10(9)5-8(7)2;1-7-5-3-2-4-6-7;4*3-2(4,5)1(6)7;;/h4-7H,1-3H3;4-6,13H,1-3H3;2-6H,1H3;4*(H,6,7);;/b11-7-;;;;;;;;. The van der Waals surface area contributed by atoms with Gasteiger partial charge in [-0.2, -0.15) is 52.7 Å². The van der Waals surface area contributed by atoms with E-state index in [9.17, 15) is 62.3 Å². The zero-order chi connectivity index (χ0) is 53.3. The van der Waals surface area contributed by atoms with Crippen LogP contribution in [0.15, 0.2) is 77.5 Å². The van der Waals surface area contributed by atoms with Crippen molar-refractivity contribution in [3.05, 3.63) is 122 Å². The van der Waals surface area contributed by atoms with Crippen LogP contribution in [0.5, 0.6) is 0 Å². The van der Waals surface area contributed by atoms with Crippen LogP contribution >= 0.6 is 0 Å². The van der Waals surface area contributed by atoms with Gasteiger partial charge in [-0.25, -0.2) is 28.8 Å². The zero-order valence-electron chi connectivity index (χ0n) is 36.0. The van der Waals surface area contributed by atoms with E-state index in [2.05, 4.69) is 56.5 Å². The average molecular weight is 1190 g/mol. The van der Waals surface area contributed by atoms with Gasteiger partial charge < -0.3 is 34.9 Å². The Morgan fingerprint density at radius 3 is 1.26 bits per heavy atom. The molecule has 4 rings (SSSR count). The normalized spacial score (nSPS) is 10.4. The molecule has 0 unspecified atom stereocenters. The van der Waals surface area contributed by atoms with Gasteiger partial charge in [-0.3, -0.25) is 0 Å². The number of fused-ring (bicyclic) bond motifs is 1. The van der Waals surface area contributed by atoms with Crippen molar-refractivity contribution < 1.29 is 150 Å². The summed E-state index contributed by atoms with van der Waals surface area (Å²) in [6, 6.07) is 21.9. The molecule has 5 N–H and O–H groups in total. The molecule has 30 heteroatoms. The Hall–Kier alpha value is -6.52. The maximum absolute atomic E-state index is 11.3. The fraction of sp³-hybridized carbons (Fsp3) is 0.282. The molecule has 0 atom stereocenters. The molecule has 0 amide bonds. The number of halogens is 12. The van der Waals surface area contributed by atoms with Gasteiger partial charge in [0.1, 0.15) is 11.4 Å². The Balaban J connectivity index is -0.000000240. The number of ether oxygens (including phenoxy) is 2. The summed E-state index contributed by atoms with van der Waals surface area (Å²) in [5.41, 5.74) is 16.6. The maximum Gasteiger partial charge on any atom is 0.490 e. The van der Waals surface area contributed by atoms with Crippen LogP contribution in [0.3, 0.4) is 0 Å². The molecule has 0 fully saturated rings. The predicted molar refractivity (Wildman–Crippen MR) is 210 cm³/mol. The van der Waals surface area contributed by atoms with E-state index in [0.717, 1.165) is 27.6 Å². The van der Waals surface area contributed by atoms with Crippen LogP contribution in [-0.2, 0) is 72.4 Å². The molecular formula is C39H38F12N4O12Rh2. The van der Waals surface area contributed by atoms with Gasteiger partial charge in [0, 0.05) is 54.8 Å². The summed E-state index contributed by atoms with van der Waals surface area (Å²) in [4.78, 5) is 63.8. The number of aliphatic carboxylic acids is 4. The minimum Gasteiger partial charge on any atom is -0.475 e. The molecular weight excluding hydrogens is 1150 g/mol. The van der Waals surface area contributed by atoms with E-state index in [0.29, 0.717) is 5.69 Å². The minimum absolute atomic E-state index is 0. The molecule has 388 valence electrons. The number of aryl methyl sites for hydroxylation is 5. The Kier molecular flexibility index (Phi) is 34.2. The van der Waals surface area contributed by atoms with E-state index in [1.807, 2.05) is 69.3 Å². The Morgan fingerprint density at radius 1 is 0.580 bits per heavy atom. The topological polar surface area (TPSA) is 266 Å². The van der Waals surface area contributed by atoms with E-state index < -0.39 is 54.6 Å². The van der Waals surface area contributed by atoms with Crippen molar-refractivity contribution in [3.63, 3.8) is 0 Å². The molecule has 0 saturated carbocycles. The van der Waals surface area contributed by atoms with E-state index in [4.69, 9.17) is 45.1 Å². The number of carbonyl (C=O) groups is 6. The molecule has 0 saturated heterocycles. The number of hydrogen-bond acceptors (Lipinski definition) is 9. The van der Waals surface area contributed by atoms with E-state index in [1.165, 1.54) is 37.0 Å². The number of esters is 2. The van der Waals surface area contributed by atoms with Crippen molar-refractivity contribution in [3.8, 4) is 0 Å². The summed E-state index contributed by atoms with van der Waals surface area (Å²) in [6.07, 6.45) is -18.8. The van der Waals surface area contributed by atoms with Gasteiger partial charge in [-0.15, -0.1) is 0 Å². The summed E-state index contributed by atoms with van der Waals surface area (Å²) in [5.74, 6) is -12.0. The van der Waals surface area contributed by atoms with Crippen molar-refractivity contribution in [2.45, 2.75) is 59.3 Å². The second-order valence-corrected chi connectivity index (χ2v) is 12.1. The molecule has 16 nitrogen and oxygen atoms in total. The second-order valence-electron chi connectivity index (χ2n) is 12.1. The number of alkyl halides is 12. The smallest absolute Gasteiger partial charge is 0.475 e. The summed E-state index contributed by atoms with van der Waals surface area (Å²) in [5, 5.41) is 32.8. The van der Waals surface area contributed by atoms with Gasteiger partial charge in [0.15, 0.2) is 0 Å². The number of hydrogen-bond donors (Lipinski definition) is 5. The number of methoxy groups -OCH3 is 2. The van der Waals surface area contributed by atoms with E-state index in [-0.39, 0.29) is 50.6 Å². The summed E-state index contributed by atoms with van der Waals surface area (Å²) in [6.45, 7) is 10.2. The molecule has 1 heterocycles. The number of rotatable bonds is 4. The fourth-order valence-corrected chi connectivity index (χ4v) is 3.45. The van der Waals surface area contributed by atoms with Crippen molar-refractivity contribution in [2.24, 2.45) is 5.11 Å². The van der Waals surface area contributed by atoms with Crippen LogP contribution in [0.2, 0.25) is 0 Å². The minimum atomic E-state index is -5.08. The molecule has 0 spiro atoms. The van der Waals surface area contributed by atoms with E-state index in [1.54, 1.807) is 0 Å². The number of benzene rings is 3. The summed E-state index contributed by atoms with van der Waals surface area (Å²) in [7, 11) is 2.62. The first kappa shape index (κ1) is 71.5. The molecule has 3 aromatic carbocycles. The van der Waals surface area contributed by atoms with Crippen LogP contribution in [0, 0.1) is 34.6 Å². The number of aromatic amines is 1. The molecule has 2 radical (unpaired) electrons. The largest absolute Gasteiger partial charge is 0.490 e. The van der Waals surface area contributed by atoms with Gasteiger partial charge in [-0.05, 0) is 92.2 Å². The third-order valence-electron chi connectivity index (χ3n) is 6.93. The van der Waals surface area contributed by atoms with Gasteiger partial charge in [0.05, 0.1) is 14.2 Å². The Morgan fingerprint density at radius 2 is 0.957 bits per heavy atom. The van der Waals surface area contributed by atoms with Crippen molar-refractivity contribution in [1.82, 2.24) is 4.98 Å². The third-order valence-corrected chi connectivity index (χ3v) is 6.93. The van der Waals surface area contributed by atoms with Crippen LogP contribution in [0.1, 0.15) is 43.9 Å². The molecule has 0 aliphatic carbocycles. The quantitative estimate of drug-likeness (QED) is 0.0243. The predicted octanol–water partition coefficient (Wildman–Crippen LogP) is 10.2. The Labute approximate surface area is 407 Å². The van der Waals surface area contributed by atoms with Crippen molar-refractivity contribution >= 4 is 52.8 Å². The monoisotopic (exact) mass is 1190 g/mol. The Bertz CT molecular complexity index is 2230. The van der Waals surface area contributed by atoms with Crippen LogP contribution < -0.4 is 0 Å². The molecule has 1 aromatic heterocycles. The number of aromatic nitrogens is 1. The third kappa shape index (κ3) is 32.8. The number of nitrogens with zero attached hydrogens (tertiary/aromatic N) is 3. The van der Waals surface area contributed by atoms with Gasteiger partial charge in [0.2, 0.25) is 0 Å². The first-order valence-electron chi connectivity index (χ1n) is 17.2. The maximum atomic E-state index is 11.3. The molecule has 4 aromatic rings. The summed E-state index contributed by atoms with van der Waals surface area (Å²) >= 11 is 0. The van der Waals surface area contributed by atoms with E-state index >= 15 is 0 Å². The van der Waals surface area contributed by atoms with Crippen molar-refractivity contribution in [2.75, 3.05) is 14.2 Å². The molecule has 0 bridgehead atoms. The average Bonchev–Trinajstić information content (AvgIpc) is 3.61. The van der Waals surface area contributed by atoms with Gasteiger partial charge in [-0.1, -0.05) is 59.2 Å². The summed E-state index contributed by atoms with van der Waals surface area (Å²) < 4.78 is 136. The zero-order valence-corrected chi connectivity index (χ0v) is 39.3. The number of carboxylic acids is 4. The number of azide groups is 1. The molecule has 69 heavy (non-hydrogen) atoms. The number of carboxylic acid groups (broad SMARTS) is 4. The second kappa shape index (κ2) is 33.1. The fourth-order valence-electron chi connectivity index (χ4n) is 3.45.